The number of thioether (sulfide) groups is 1. The molecule has 0 radical (unpaired) electrons. The Labute approximate surface area is 258 Å². The number of carbonyl (C=O) groups excluding carboxylic acids is 1. The quantitative estimate of drug-likeness (QED) is 0.263. The molecule has 1 saturated heterocycles. The molecular formula is C33H40N2O6S2. The number of methoxy groups -OCH3 is 1. The Hall–Kier alpha value is -3.18. The summed E-state index contributed by atoms with van der Waals surface area (Å²) < 4.78 is 32.3. The first-order chi connectivity index (χ1) is 20.6. The molecular weight excluding hydrogens is 585 g/mol. The SMILES string of the molecule is COC[C@H]1C[C@H](S(=O)(=O)Cc2ccccc2)CN1Cc1ccc(C(=O)N[C@@H](CCSC)C(=O)O)c(-c2ccccc2C)c1. The monoisotopic (exact) mass is 624 g/mol. The van der Waals surface area contributed by atoms with Crippen molar-refractivity contribution in [3.8, 4) is 11.1 Å². The summed E-state index contributed by atoms with van der Waals surface area (Å²) in [5.74, 6) is -0.890. The van der Waals surface area contributed by atoms with Gasteiger partial charge < -0.3 is 15.2 Å². The van der Waals surface area contributed by atoms with E-state index in [0.29, 0.717) is 49.4 Å². The fourth-order valence-corrected chi connectivity index (χ4v) is 7.93. The average Bonchev–Trinajstić information content (AvgIpc) is 3.39. The largest absolute Gasteiger partial charge is 0.480 e. The Morgan fingerprint density at radius 1 is 1.05 bits per heavy atom. The summed E-state index contributed by atoms with van der Waals surface area (Å²) >= 11 is 1.53. The number of carboxylic acid groups (broad SMARTS) is 1. The maximum absolute atomic E-state index is 13.4. The van der Waals surface area contributed by atoms with E-state index in [1.165, 1.54) is 11.8 Å². The molecule has 4 rings (SSSR count). The summed E-state index contributed by atoms with van der Waals surface area (Å²) in [7, 11) is -1.77. The van der Waals surface area contributed by atoms with Crippen LogP contribution >= 0.6 is 11.8 Å². The summed E-state index contributed by atoms with van der Waals surface area (Å²) in [4.78, 5) is 27.4. The molecule has 3 aromatic rings. The summed E-state index contributed by atoms with van der Waals surface area (Å²) in [5, 5.41) is 11.9. The van der Waals surface area contributed by atoms with Crippen molar-refractivity contribution in [3.05, 3.63) is 95.1 Å². The first-order valence-electron chi connectivity index (χ1n) is 14.3. The molecule has 43 heavy (non-hydrogen) atoms. The van der Waals surface area contributed by atoms with Gasteiger partial charge in [0.15, 0.2) is 9.84 Å². The summed E-state index contributed by atoms with van der Waals surface area (Å²) in [6.45, 7) is 3.26. The van der Waals surface area contributed by atoms with Crippen molar-refractivity contribution in [3.63, 3.8) is 0 Å². The van der Waals surface area contributed by atoms with Crippen LogP contribution in [0.2, 0.25) is 0 Å². The number of carbonyl (C=O) groups is 2. The van der Waals surface area contributed by atoms with Gasteiger partial charge in [-0.15, -0.1) is 0 Å². The van der Waals surface area contributed by atoms with Gasteiger partial charge in [-0.25, -0.2) is 13.2 Å². The summed E-state index contributed by atoms with van der Waals surface area (Å²) in [6.07, 6.45) is 2.71. The highest BCUT2D eigenvalue weighted by Gasteiger charge is 2.39. The molecule has 3 aromatic carbocycles. The van der Waals surface area contributed by atoms with Crippen LogP contribution in [0.15, 0.2) is 72.8 Å². The van der Waals surface area contributed by atoms with Crippen LogP contribution < -0.4 is 5.32 Å². The number of likely N-dealkylation sites (tertiary alicyclic amines) is 1. The molecule has 1 aliphatic heterocycles. The van der Waals surface area contributed by atoms with Crippen LogP contribution in [-0.2, 0) is 31.7 Å². The van der Waals surface area contributed by atoms with Crippen LogP contribution in [0.3, 0.4) is 0 Å². The first kappa shape index (κ1) is 32.7. The first-order valence-corrected chi connectivity index (χ1v) is 17.4. The second kappa shape index (κ2) is 15.0. The molecule has 0 aliphatic carbocycles. The number of benzene rings is 3. The van der Waals surface area contributed by atoms with E-state index >= 15 is 0 Å². The van der Waals surface area contributed by atoms with Gasteiger partial charge in [0.2, 0.25) is 0 Å². The molecule has 0 unspecified atom stereocenters. The summed E-state index contributed by atoms with van der Waals surface area (Å²) in [5.41, 5.74) is 4.67. The molecule has 0 bridgehead atoms. The lowest BCUT2D eigenvalue weighted by Crippen LogP contribution is -2.41. The third-order valence-corrected chi connectivity index (χ3v) is 10.7. The number of carboxylic acids is 1. The van der Waals surface area contributed by atoms with E-state index in [1.807, 2.05) is 79.9 Å². The standard InChI is InChI=1S/C33H40N2O6S2/c1-23-9-7-8-12-28(23)30-17-25(13-14-29(30)32(36)34-31(33(37)38)15-16-42-3)19-35-20-27(18-26(35)21-41-2)43(39,40)22-24-10-5-4-6-11-24/h4-14,17,26-27,31H,15-16,18-22H2,1-3H3,(H,34,36)(H,37,38)/t26-,27+,31+/m1/s1. The average molecular weight is 625 g/mol. The van der Waals surface area contributed by atoms with Gasteiger partial charge in [0.05, 0.1) is 17.6 Å². The van der Waals surface area contributed by atoms with Crippen LogP contribution in [0.1, 0.15) is 39.9 Å². The Kier molecular flexibility index (Phi) is 11.4. The second-order valence-corrected chi connectivity index (χ2v) is 14.3. The van der Waals surface area contributed by atoms with E-state index in [2.05, 4.69) is 10.2 Å². The van der Waals surface area contributed by atoms with Gasteiger partial charge in [-0.1, -0.05) is 60.7 Å². The molecule has 1 fully saturated rings. The third kappa shape index (κ3) is 8.47. The smallest absolute Gasteiger partial charge is 0.326 e. The lowest BCUT2D eigenvalue weighted by molar-refractivity contribution is -0.139. The van der Waals surface area contributed by atoms with Gasteiger partial charge in [-0.2, -0.15) is 11.8 Å². The van der Waals surface area contributed by atoms with Crippen molar-refractivity contribution in [1.29, 1.82) is 0 Å². The number of hydrogen-bond acceptors (Lipinski definition) is 7. The number of aliphatic carboxylic acids is 1. The van der Waals surface area contributed by atoms with Gasteiger partial charge >= 0.3 is 5.97 Å². The number of ether oxygens (including phenoxy) is 1. The second-order valence-electron chi connectivity index (χ2n) is 11.0. The minimum atomic E-state index is -3.39. The number of aryl methyl sites for hydroxylation is 1. The van der Waals surface area contributed by atoms with E-state index in [1.54, 1.807) is 13.2 Å². The highest BCUT2D eigenvalue weighted by molar-refractivity contribution is 7.98. The van der Waals surface area contributed by atoms with Crippen molar-refractivity contribution in [2.75, 3.05) is 32.3 Å². The van der Waals surface area contributed by atoms with Crippen LogP contribution in [0.25, 0.3) is 11.1 Å². The lowest BCUT2D eigenvalue weighted by atomic mass is 9.93. The number of nitrogens with one attached hydrogen (secondary N) is 1. The van der Waals surface area contributed by atoms with E-state index in [-0.39, 0.29) is 11.8 Å². The van der Waals surface area contributed by atoms with Crippen molar-refractivity contribution < 1.29 is 27.9 Å². The van der Waals surface area contributed by atoms with E-state index in [9.17, 15) is 23.1 Å². The highest BCUT2D eigenvalue weighted by atomic mass is 32.2. The van der Waals surface area contributed by atoms with Crippen molar-refractivity contribution in [2.24, 2.45) is 0 Å². The highest BCUT2D eigenvalue weighted by Crippen LogP contribution is 2.31. The maximum atomic E-state index is 13.4. The molecule has 1 heterocycles. The zero-order valence-electron chi connectivity index (χ0n) is 24.9. The van der Waals surface area contributed by atoms with Crippen LogP contribution in [0.4, 0.5) is 0 Å². The minimum Gasteiger partial charge on any atom is -0.480 e. The zero-order valence-corrected chi connectivity index (χ0v) is 26.5. The normalized spacial score (nSPS) is 17.9. The van der Waals surface area contributed by atoms with Crippen molar-refractivity contribution in [2.45, 2.75) is 49.4 Å². The van der Waals surface area contributed by atoms with Crippen LogP contribution in [0, 0.1) is 6.92 Å². The number of amides is 1. The maximum Gasteiger partial charge on any atom is 0.326 e. The predicted octanol–water partition coefficient (Wildman–Crippen LogP) is 4.80. The Bertz CT molecular complexity index is 1510. The fraction of sp³-hybridized carbons (Fsp3) is 0.394. The molecule has 3 atom stereocenters. The number of nitrogens with zero attached hydrogens (tertiary/aromatic N) is 1. The zero-order chi connectivity index (χ0) is 31.0. The van der Waals surface area contributed by atoms with Crippen LogP contribution in [0.5, 0.6) is 0 Å². The molecule has 0 spiro atoms. The Balaban J connectivity index is 1.61. The van der Waals surface area contributed by atoms with Gasteiger partial charge in [-0.3, -0.25) is 9.69 Å². The van der Waals surface area contributed by atoms with E-state index in [0.717, 1.165) is 22.3 Å². The van der Waals surface area contributed by atoms with Crippen molar-refractivity contribution in [1.82, 2.24) is 10.2 Å². The van der Waals surface area contributed by atoms with Gasteiger partial charge in [0.25, 0.3) is 5.91 Å². The van der Waals surface area contributed by atoms with E-state index < -0.39 is 33.0 Å². The fourth-order valence-electron chi connectivity index (χ4n) is 5.63. The third-order valence-electron chi connectivity index (χ3n) is 7.93. The predicted molar refractivity (Wildman–Crippen MR) is 172 cm³/mol. The molecule has 2 N–H and O–H groups in total. The van der Waals surface area contributed by atoms with E-state index in [4.69, 9.17) is 4.74 Å². The van der Waals surface area contributed by atoms with Gasteiger partial charge in [0.1, 0.15) is 6.04 Å². The molecule has 1 aliphatic rings. The van der Waals surface area contributed by atoms with Gasteiger partial charge in [-0.05, 0) is 71.7 Å². The lowest BCUT2D eigenvalue weighted by Gasteiger charge is -2.24. The topological polar surface area (TPSA) is 113 Å². The minimum absolute atomic E-state index is 0.00156. The molecule has 0 saturated carbocycles. The molecule has 10 heteroatoms. The molecule has 0 aromatic heterocycles. The number of rotatable bonds is 14. The van der Waals surface area contributed by atoms with Gasteiger partial charge in [0, 0.05) is 31.8 Å². The Morgan fingerprint density at radius 2 is 1.77 bits per heavy atom. The number of sulfone groups is 1. The van der Waals surface area contributed by atoms with Crippen LogP contribution in [-0.4, -0.2) is 79.9 Å². The Morgan fingerprint density at radius 3 is 2.44 bits per heavy atom. The van der Waals surface area contributed by atoms with Crippen molar-refractivity contribution >= 4 is 33.5 Å². The molecule has 230 valence electrons. The molecule has 8 nitrogen and oxygen atoms in total. The molecule has 1 amide bonds. The number of hydrogen-bond donors (Lipinski definition) is 2. The summed E-state index contributed by atoms with van der Waals surface area (Å²) in [6, 6.07) is 21.5.